The summed E-state index contributed by atoms with van der Waals surface area (Å²) in [7, 11) is 4.02. The number of para-hydroxylation sites is 1. The van der Waals surface area contributed by atoms with Crippen LogP contribution in [0.15, 0.2) is 48.8 Å². The average Bonchev–Trinajstić information content (AvgIpc) is 2.40. The molecule has 19 heavy (non-hydrogen) atoms. The first-order valence-corrected chi connectivity index (χ1v) is 5.67. The fourth-order valence-corrected chi connectivity index (χ4v) is 1.32. The summed E-state index contributed by atoms with van der Waals surface area (Å²) in [6, 6.07) is 10.1. The monoisotopic (exact) mass is 259 g/mol. The van der Waals surface area contributed by atoms with Crippen LogP contribution in [-0.2, 0) is 0 Å². The third-order valence-electron chi connectivity index (χ3n) is 2.35. The van der Waals surface area contributed by atoms with Gasteiger partial charge in [0.25, 0.3) is 5.91 Å². The van der Waals surface area contributed by atoms with Crippen LogP contribution in [0.4, 0.5) is 5.69 Å². The van der Waals surface area contributed by atoms with Crippen LogP contribution in [0.5, 0.6) is 5.75 Å². The highest BCUT2D eigenvalue weighted by atomic mass is 16.3. The molecule has 0 fully saturated rings. The van der Waals surface area contributed by atoms with E-state index in [0.717, 1.165) is 0 Å². The fourth-order valence-electron chi connectivity index (χ4n) is 1.32. The summed E-state index contributed by atoms with van der Waals surface area (Å²) in [6.45, 7) is 0. The lowest BCUT2D eigenvalue weighted by Gasteiger charge is -2.10. The minimum atomic E-state index is -0.613. The van der Waals surface area contributed by atoms with Crippen molar-refractivity contribution in [3.05, 3.63) is 54.4 Å². The molecule has 100 valence electrons. The molecule has 0 saturated heterocycles. The summed E-state index contributed by atoms with van der Waals surface area (Å²) in [6.07, 6.45) is 3.57. The Balaban J connectivity index is 0.000000191. The smallest absolute Gasteiger partial charge is 0.252 e. The Morgan fingerprint density at radius 2 is 1.74 bits per heavy atom. The van der Waals surface area contributed by atoms with Crippen LogP contribution < -0.4 is 10.6 Å². The third kappa shape index (κ3) is 4.67. The molecule has 3 N–H and O–H groups in total. The van der Waals surface area contributed by atoms with E-state index in [1.807, 2.05) is 31.1 Å². The average molecular weight is 259 g/mol. The van der Waals surface area contributed by atoms with Crippen molar-refractivity contribution in [2.75, 3.05) is 19.0 Å². The Bertz CT molecular complexity index is 527. The first-order chi connectivity index (χ1) is 9.02. The molecule has 0 atom stereocenters. The Labute approximate surface area is 112 Å². The number of nitrogens with two attached hydrogens (primary N) is 1. The lowest BCUT2D eigenvalue weighted by atomic mass is 10.2. The van der Waals surface area contributed by atoms with E-state index in [4.69, 9.17) is 10.8 Å². The molecule has 5 nitrogen and oxygen atoms in total. The topological polar surface area (TPSA) is 79.5 Å². The number of carbonyl (C=O) groups excluding carboxylic acids is 1. The highest BCUT2D eigenvalue weighted by molar-refractivity contribution is 5.95. The van der Waals surface area contributed by atoms with Crippen LogP contribution in [0.1, 0.15) is 10.4 Å². The van der Waals surface area contributed by atoms with Crippen molar-refractivity contribution >= 4 is 11.6 Å². The molecule has 1 heterocycles. The number of aromatic hydroxyl groups is 1. The number of rotatable bonds is 2. The highest BCUT2D eigenvalue weighted by Gasteiger charge is 2.03. The molecule has 2 aromatic rings. The second-order valence-electron chi connectivity index (χ2n) is 3.98. The van der Waals surface area contributed by atoms with Crippen molar-refractivity contribution in [1.82, 2.24) is 4.98 Å². The molecule has 1 amide bonds. The largest absolute Gasteiger partial charge is 0.507 e. The Morgan fingerprint density at radius 3 is 2.11 bits per heavy atom. The van der Waals surface area contributed by atoms with Gasteiger partial charge in [-0.05, 0) is 24.3 Å². The van der Waals surface area contributed by atoms with E-state index in [-0.39, 0.29) is 11.3 Å². The molecule has 0 aliphatic carbocycles. The van der Waals surface area contributed by atoms with E-state index in [1.54, 1.807) is 24.5 Å². The molecule has 0 radical (unpaired) electrons. The number of primary amides is 1. The van der Waals surface area contributed by atoms with Gasteiger partial charge in [0.1, 0.15) is 5.75 Å². The molecule has 0 spiro atoms. The molecule has 1 aromatic carbocycles. The van der Waals surface area contributed by atoms with Crippen molar-refractivity contribution in [3.8, 4) is 5.75 Å². The number of anilines is 1. The van der Waals surface area contributed by atoms with Crippen LogP contribution in [0, 0.1) is 0 Å². The number of nitrogens with zero attached hydrogens (tertiary/aromatic N) is 2. The molecular formula is C14H17N3O2. The molecule has 0 aliphatic heterocycles. The van der Waals surface area contributed by atoms with Gasteiger partial charge in [0, 0.05) is 32.2 Å². The normalized spacial score (nSPS) is 9.16. The summed E-state index contributed by atoms with van der Waals surface area (Å²) >= 11 is 0. The summed E-state index contributed by atoms with van der Waals surface area (Å²) in [4.78, 5) is 16.4. The number of pyridine rings is 1. The fraction of sp³-hybridized carbons (Fsp3) is 0.143. The van der Waals surface area contributed by atoms with Gasteiger partial charge >= 0.3 is 0 Å². The van der Waals surface area contributed by atoms with Gasteiger partial charge in [-0.1, -0.05) is 12.1 Å². The van der Waals surface area contributed by atoms with Gasteiger partial charge in [-0.25, -0.2) is 0 Å². The van der Waals surface area contributed by atoms with Gasteiger partial charge in [-0.15, -0.1) is 0 Å². The van der Waals surface area contributed by atoms with E-state index in [1.165, 1.54) is 17.8 Å². The molecule has 1 aromatic heterocycles. The van der Waals surface area contributed by atoms with Gasteiger partial charge in [0.15, 0.2) is 0 Å². The summed E-state index contributed by atoms with van der Waals surface area (Å²) < 4.78 is 0. The van der Waals surface area contributed by atoms with Gasteiger partial charge in [-0.2, -0.15) is 0 Å². The number of amides is 1. The predicted molar refractivity (Wildman–Crippen MR) is 75.2 cm³/mol. The zero-order chi connectivity index (χ0) is 14.3. The van der Waals surface area contributed by atoms with E-state index in [9.17, 15) is 4.79 Å². The molecule has 0 aliphatic rings. The first-order valence-electron chi connectivity index (χ1n) is 5.67. The number of carbonyl (C=O) groups is 1. The van der Waals surface area contributed by atoms with Crippen LogP contribution in [0.25, 0.3) is 0 Å². The Morgan fingerprint density at radius 1 is 1.16 bits per heavy atom. The molecule has 0 saturated carbocycles. The summed E-state index contributed by atoms with van der Waals surface area (Å²) in [5.74, 6) is -0.687. The minimum absolute atomic E-state index is 0.0741. The molecule has 2 rings (SSSR count). The van der Waals surface area contributed by atoms with Gasteiger partial charge in [0.2, 0.25) is 0 Å². The lowest BCUT2D eigenvalue weighted by molar-refractivity contribution is 0.0998. The van der Waals surface area contributed by atoms with Crippen molar-refractivity contribution in [3.63, 3.8) is 0 Å². The predicted octanol–water partition coefficient (Wildman–Crippen LogP) is 1.64. The summed E-state index contributed by atoms with van der Waals surface area (Å²) in [5.41, 5.74) is 6.26. The minimum Gasteiger partial charge on any atom is -0.507 e. The SMILES string of the molecule is CN(C)c1ccncc1.NC(=O)c1ccccc1O. The van der Waals surface area contributed by atoms with Crippen molar-refractivity contribution in [2.24, 2.45) is 5.73 Å². The van der Waals surface area contributed by atoms with E-state index in [2.05, 4.69) is 4.98 Å². The molecular weight excluding hydrogens is 242 g/mol. The number of hydrogen-bond acceptors (Lipinski definition) is 4. The maximum absolute atomic E-state index is 10.5. The Hall–Kier alpha value is -2.56. The lowest BCUT2D eigenvalue weighted by Crippen LogP contribution is -2.10. The van der Waals surface area contributed by atoms with Crippen molar-refractivity contribution in [2.45, 2.75) is 0 Å². The summed E-state index contributed by atoms with van der Waals surface area (Å²) in [5, 5.41) is 8.98. The van der Waals surface area contributed by atoms with E-state index < -0.39 is 5.91 Å². The van der Waals surface area contributed by atoms with E-state index >= 15 is 0 Å². The maximum atomic E-state index is 10.5. The second-order valence-corrected chi connectivity index (χ2v) is 3.98. The van der Waals surface area contributed by atoms with Crippen LogP contribution in [0.3, 0.4) is 0 Å². The zero-order valence-corrected chi connectivity index (χ0v) is 10.9. The van der Waals surface area contributed by atoms with Gasteiger partial charge < -0.3 is 15.7 Å². The zero-order valence-electron chi connectivity index (χ0n) is 10.9. The standard InChI is InChI=1S/C7H10N2.C7H7NO2/c1-9(2)7-3-5-8-6-4-7;8-7(10)5-3-1-2-4-6(5)9/h3-6H,1-2H3;1-4,9H,(H2,8,10). The number of aromatic nitrogens is 1. The van der Waals surface area contributed by atoms with Crippen molar-refractivity contribution in [1.29, 1.82) is 0 Å². The van der Waals surface area contributed by atoms with Crippen LogP contribution >= 0.6 is 0 Å². The molecule has 0 bridgehead atoms. The van der Waals surface area contributed by atoms with Gasteiger partial charge in [-0.3, -0.25) is 9.78 Å². The highest BCUT2D eigenvalue weighted by Crippen LogP contribution is 2.13. The molecule has 0 unspecified atom stereocenters. The van der Waals surface area contributed by atoms with Crippen molar-refractivity contribution < 1.29 is 9.90 Å². The van der Waals surface area contributed by atoms with Crippen LogP contribution in [0.2, 0.25) is 0 Å². The van der Waals surface area contributed by atoms with Gasteiger partial charge in [0.05, 0.1) is 5.56 Å². The van der Waals surface area contributed by atoms with Crippen LogP contribution in [-0.4, -0.2) is 30.1 Å². The number of hydrogen-bond donors (Lipinski definition) is 2. The maximum Gasteiger partial charge on any atom is 0.252 e. The Kier molecular flexibility index (Phi) is 5.35. The first kappa shape index (κ1) is 14.5. The molecule has 5 heteroatoms. The quantitative estimate of drug-likeness (QED) is 0.859. The second kappa shape index (κ2) is 7.00. The van der Waals surface area contributed by atoms with E-state index in [0.29, 0.717) is 0 Å². The third-order valence-corrected chi connectivity index (χ3v) is 2.35. The number of benzene rings is 1. The number of phenols is 1.